The number of hydrogen-bond donors (Lipinski definition) is 2. The van der Waals surface area contributed by atoms with Crippen LogP contribution in [0, 0.1) is 0 Å². The largest absolute Gasteiger partial charge is 0.346 e. The van der Waals surface area contributed by atoms with Crippen molar-refractivity contribution in [2.45, 2.75) is 12.6 Å². The lowest BCUT2D eigenvalue weighted by molar-refractivity contribution is 0.0884. The first-order valence-electron chi connectivity index (χ1n) is 6.81. The highest BCUT2D eigenvalue weighted by molar-refractivity contribution is 5.79. The quantitative estimate of drug-likeness (QED) is 0.849. The Kier molecular flexibility index (Phi) is 3.50. The number of nitrogens with zero attached hydrogens (tertiary/aromatic N) is 3. The molecule has 0 aliphatic carbocycles. The summed E-state index contributed by atoms with van der Waals surface area (Å²) in [6, 6.07) is 4.56. The van der Waals surface area contributed by atoms with E-state index in [9.17, 15) is 0 Å². The van der Waals surface area contributed by atoms with Crippen LogP contribution >= 0.6 is 0 Å². The van der Waals surface area contributed by atoms with Gasteiger partial charge in [-0.2, -0.15) is 0 Å². The van der Waals surface area contributed by atoms with E-state index in [0.717, 1.165) is 31.8 Å². The van der Waals surface area contributed by atoms with Gasteiger partial charge in [0.15, 0.2) is 0 Å². The lowest BCUT2D eigenvalue weighted by Gasteiger charge is -2.39. The van der Waals surface area contributed by atoms with Crippen LogP contribution < -0.4 is 5.73 Å². The molecule has 1 unspecified atom stereocenters. The van der Waals surface area contributed by atoms with Crippen molar-refractivity contribution >= 4 is 11.0 Å². The van der Waals surface area contributed by atoms with Crippen LogP contribution in [0.4, 0.5) is 0 Å². The Morgan fingerprint density at radius 3 is 3.21 bits per heavy atom. The molecule has 0 spiro atoms. The van der Waals surface area contributed by atoms with E-state index in [1.807, 2.05) is 12.3 Å². The Morgan fingerprint density at radius 1 is 1.47 bits per heavy atom. The van der Waals surface area contributed by atoms with E-state index in [-0.39, 0.29) is 0 Å². The molecular weight excluding hydrogens is 238 g/mol. The minimum atomic E-state index is 0.445. The number of likely N-dealkylation sites (N-methyl/N-ethyl adjacent to an activating group) is 1. The maximum atomic E-state index is 5.91. The zero-order valence-corrected chi connectivity index (χ0v) is 11.3. The van der Waals surface area contributed by atoms with Gasteiger partial charge >= 0.3 is 0 Å². The van der Waals surface area contributed by atoms with Crippen molar-refractivity contribution in [3.8, 4) is 0 Å². The molecule has 0 aromatic carbocycles. The van der Waals surface area contributed by atoms with E-state index in [4.69, 9.17) is 5.73 Å². The molecule has 19 heavy (non-hydrogen) atoms. The summed E-state index contributed by atoms with van der Waals surface area (Å²) in [7, 11) is 2.16. The molecule has 2 aromatic heterocycles. The van der Waals surface area contributed by atoms with E-state index in [1.165, 1.54) is 10.9 Å². The van der Waals surface area contributed by atoms with E-state index in [2.05, 4.69) is 39.1 Å². The lowest BCUT2D eigenvalue weighted by Crippen LogP contribution is -2.54. The van der Waals surface area contributed by atoms with Gasteiger partial charge in [0.25, 0.3) is 0 Å². The Balaban J connectivity index is 1.80. The van der Waals surface area contributed by atoms with Gasteiger partial charge in [-0.1, -0.05) is 0 Å². The molecule has 0 amide bonds. The molecule has 5 nitrogen and oxygen atoms in total. The minimum Gasteiger partial charge on any atom is -0.346 e. The van der Waals surface area contributed by atoms with Gasteiger partial charge in [-0.05, 0) is 24.7 Å². The maximum Gasteiger partial charge on any atom is 0.137 e. The summed E-state index contributed by atoms with van der Waals surface area (Å²) in [6.45, 7) is 4.89. The first-order chi connectivity index (χ1) is 9.28. The van der Waals surface area contributed by atoms with Gasteiger partial charge in [-0.3, -0.25) is 4.90 Å². The van der Waals surface area contributed by atoms with Gasteiger partial charge in [-0.15, -0.1) is 0 Å². The standard InChI is InChI=1S/C14H21N5/c1-18-5-6-19(12(7-15)10-18)9-11-8-17-14-13(11)3-2-4-16-14/h2-4,8,12H,5-7,9-10,15H2,1H3,(H,16,17). The second kappa shape index (κ2) is 5.28. The van der Waals surface area contributed by atoms with Crippen LogP contribution in [0.15, 0.2) is 24.5 Å². The van der Waals surface area contributed by atoms with Crippen molar-refractivity contribution in [1.82, 2.24) is 19.8 Å². The van der Waals surface area contributed by atoms with Gasteiger partial charge in [0.2, 0.25) is 0 Å². The van der Waals surface area contributed by atoms with Crippen molar-refractivity contribution in [3.05, 3.63) is 30.1 Å². The number of rotatable bonds is 3. The van der Waals surface area contributed by atoms with Crippen LogP contribution in [-0.4, -0.2) is 59.0 Å². The number of hydrogen-bond acceptors (Lipinski definition) is 4. The first-order valence-corrected chi connectivity index (χ1v) is 6.81. The molecule has 3 rings (SSSR count). The number of H-pyrrole nitrogens is 1. The molecule has 1 saturated heterocycles. The highest BCUT2D eigenvalue weighted by atomic mass is 15.3. The van der Waals surface area contributed by atoms with E-state index < -0.39 is 0 Å². The highest BCUT2D eigenvalue weighted by Crippen LogP contribution is 2.19. The van der Waals surface area contributed by atoms with Crippen LogP contribution in [0.5, 0.6) is 0 Å². The number of aromatic nitrogens is 2. The minimum absolute atomic E-state index is 0.445. The van der Waals surface area contributed by atoms with Crippen LogP contribution in [-0.2, 0) is 6.54 Å². The Morgan fingerprint density at radius 2 is 2.37 bits per heavy atom. The van der Waals surface area contributed by atoms with Gasteiger partial charge in [0, 0.05) is 56.5 Å². The van der Waals surface area contributed by atoms with Gasteiger partial charge in [0.1, 0.15) is 5.65 Å². The number of nitrogens with one attached hydrogen (secondary N) is 1. The zero-order valence-electron chi connectivity index (χ0n) is 11.3. The van der Waals surface area contributed by atoms with Crippen LogP contribution in [0.1, 0.15) is 5.56 Å². The van der Waals surface area contributed by atoms with E-state index in [1.54, 1.807) is 0 Å². The van der Waals surface area contributed by atoms with Crippen molar-refractivity contribution in [1.29, 1.82) is 0 Å². The van der Waals surface area contributed by atoms with Crippen LogP contribution in [0.3, 0.4) is 0 Å². The third kappa shape index (κ3) is 2.49. The number of piperazine rings is 1. The summed E-state index contributed by atoms with van der Waals surface area (Å²) in [5.41, 5.74) is 8.19. The average molecular weight is 259 g/mol. The summed E-state index contributed by atoms with van der Waals surface area (Å²) in [6.07, 6.45) is 3.89. The second-order valence-electron chi connectivity index (χ2n) is 5.34. The van der Waals surface area contributed by atoms with Gasteiger partial charge in [-0.25, -0.2) is 4.98 Å². The van der Waals surface area contributed by atoms with Crippen molar-refractivity contribution in [2.24, 2.45) is 5.73 Å². The monoisotopic (exact) mass is 259 g/mol. The summed E-state index contributed by atoms with van der Waals surface area (Å²) < 4.78 is 0. The fraction of sp³-hybridized carbons (Fsp3) is 0.500. The first kappa shape index (κ1) is 12.6. The molecule has 0 bridgehead atoms. The van der Waals surface area contributed by atoms with Crippen LogP contribution in [0.2, 0.25) is 0 Å². The van der Waals surface area contributed by atoms with Gasteiger partial charge < -0.3 is 15.6 Å². The third-order valence-corrected chi connectivity index (χ3v) is 3.99. The molecule has 1 fully saturated rings. The number of nitrogens with two attached hydrogens (primary N) is 1. The van der Waals surface area contributed by atoms with E-state index >= 15 is 0 Å². The number of fused-ring (bicyclic) bond motifs is 1. The maximum absolute atomic E-state index is 5.91. The molecule has 1 aliphatic rings. The average Bonchev–Trinajstić information content (AvgIpc) is 2.84. The molecule has 5 heteroatoms. The summed E-state index contributed by atoms with van der Waals surface area (Å²) in [5.74, 6) is 0. The summed E-state index contributed by atoms with van der Waals surface area (Å²) >= 11 is 0. The Hall–Kier alpha value is -1.43. The molecule has 0 radical (unpaired) electrons. The lowest BCUT2D eigenvalue weighted by atomic mass is 10.1. The smallest absolute Gasteiger partial charge is 0.137 e. The predicted molar refractivity (Wildman–Crippen MR) is 76.8 cm³/mol. The van der Waals surface area contributed by atoms with Crippen molar-refractivity contribution < 1.29 is 0 Å². The van der Waals surface area contributed by atoms with Crippen LogP contribution in [0.25, 0.3) is 11.0 Å². The Labute approximate surface area is 113 Å². The Bertz CT molecular complexity index is 550. The second-order valence-corrected chi connectivity index (χ2v) is 5.34. The predicted octanol–water partition coefficient (Wildman–Crippen LogP) is 0.638. The molecule has 2 aromatic rings. The molecule has 1 aliphatic heterocycles. The number of pyridine rings is 1. The molecule has 102 valence electrons. The molecule has 0 saturated carbocycles. The highest BCUT2D eigenvalue weighted by Gasteiger charge is 2.24. The topological polar surface area (TPSA) is 61.2 Å². The van der Waals surface area contributed by atoms with Gasteiger partial charge in [0.05, 0.1) is 0 Å². The zero-order chi connectivity index (χ0) is 13.2. The fourth-order valence-electron chi connectivity index (χ4n) is 2.84. The third-order valence-electron chi connectivity index (χ3n) is 3.99. The molecule has 3 heterocycles. The molecule has 3 N–H and O–H groups in total. The van der Waals surface area contributed by atoms with Crippen molar-refractivity contribution in [3.63, 3.8) is 0 Å². The summed E-state index contributed by atoms with van der Waals surface area (Å²) in [4.78, 5) is 12.4. The summed E-state index contributed by atoms with van der Waals surface area (Å²) in [5, 5.41) is 1.22. The molecule has 1 atom stereocenters. The van der Waals surface area contributed by atoms with E-state index in [0.29, 0.717) is 12.6 Å². The SMILES string of the molecule is CN1CCN(Cc2c[nH]c3ncccc23)C(CN)C1. The normalized spacial score (nSPS) is 22.1. The fourth-order valence-corrected chi connectivity index (χ4v) is 2.84. The molecular formula is C14H21N5. The number of aromatic amines is 1. The van der Waals surface area contributed by atoms with Crippen molar-refractivity contribution in [2.75, 3.05) is 33.2 Å².